The van der Waals surface area contributed by atoms with E-state index in [4.69, 9.17) is 32.6 Å². The van der Waals surface area contributed by atoms with E-state index in [0.717, 1.165) is 5.39 Å². The number of fused-ring (bicyclic) bond motifs is 1. The summed E-state index contributed by atoms with van der Waals surface area (Å²) in [6, 6.07) is 28.8. The van der Waals surface area contributed by atoms with Crippen LogP contribution in [0.25, 0.3) is 16.6 Å². The first kappa shape index (κ1) is 43.8. The summed E-state index contributed by atoms with van der Waals surface area (Å²) < 4.78 is 45.1. The third-order valence-electron chi connectivity index (χ3n) is 7.80. The van der Waals surface area contributed by atoms with E-state index in [-0.39, 0.29) is 25.4 Å². The van der Waals surface area contributed by atoms with Gasteiger partial charge in [0.15, 0.2) is 0 Å². The van der Waals surface area contributed by atoms with Gasteiger partial charge >= 0.3 is 16.6 Å². The smallest absolute Gasteiger partial charge is 0.425 e. The minimum atomic E-state index is -3.11. The van der Waals surface area contributed by atoms with E-state index >= 15 is 0 Å². The number of esters is 1. The lowest BCUT2D eigenvalue weighted by Crippen LogP contribution is -2.34. The van der Waals surface area contributed by atoms with Crippen molar-refractivity contribution >= 4 is 39.2 Å². The van der Waals surface area contributed by atoms with Gasteiger partial charge in [0.05, 0.1) is 36.7 Å². The van der Waals surface area contributed by atoms with Crippen LogP contribution >= 0.6 is 0 Å². The second-order valence-electron chi connectivity index (χ2n) is 12.0. The zero-order valence-electron chi connectivity index (χ0n) is 30.7. The maximum Gasteiger partial charge on any atom is 0.425 e. The average molecular weight is 785 g/mol. The molecular formula is C40H44N6O9S. The minimum absolute atomic E-state index is 0. The molecule has 0 aliphatic rings. The molecule has 0 radical (unpaired) electrons. The van der Waals surface area contributed by atoms with Crippen LogP contribution in [0.2, 0.25) is 0 Å². The van der Waals surface area contributed by atoms with Crippen molar-refractivity contribution in [1.29, 1.82) is 0 Å². The molecule has 2 atom stereocenters. The number of nitrogens with one attached hydrogen (secondary N) is 1. The molecule has 3 aromatic heterocycles. The van der Waals surface area contributed by atoms with Gasteiger partial charge in [-0.05, 0) is 70.2 Å². The second-order valence-corrected chi connectivity index (χ2v) is 12.4. The van der Waals surface area contributed by atoms with Crippen LogP contribution in [-0.4, -0.2) is 63.1 Å². The van der Waals surface area contributed by atoms with E-state index < -0.39 is 40.2 Å². The quantitative estimate of drug-likeness (QED) is 0.157. The molecule has 56 heavy (non-hydrogen) atoms. The Balaban J connectivity index is 0.000000609. The van der Waals surface area contributed by atoms with Gasteiger partial charge in [-0.15, -0.1) is 12.6 Å². The summed E-state index contributed by atoms with van der Waals surface area (Å²) in [5.74, 6) is 0.731. The Morgan fingerprint density at radius 2 is 1.50 bits per heavy atom. The van der Waals surface area contributed by atoms with E-state index in [2.05, 4.69) is 34.3 Å². The summed E-state index contributed by atoms with van der Waals surface area (Å²) in [6.07, 6.45) is 2.48. The summed E-state index contributed by atoms with van der Waals surface area (Å²) in [5, 5.41) is 3.50. The highest BCUT2D eigenvalue weighted by molar-refractivity contribution is 7.59. The number of hydrogen-bond acceptors (Lipinski definition) is 12. The van der Waals surface area contributed by atoms with Gasteiger partial charge in [0.25, 0.3) is 11.5 Å². The van der Waals surface area contributed by atoms with Gasteiger partial charge in [0.1, 0.15) is 40.8 Å². The standard InChI is InChI=1S/C32H32N6O6.C7H8.CH4.O3S/c1-19(43-32(41)20(2)33)18-37-21(3)29(31(40)38(37)22-8-6-5-7-9-22)30(39)36-28-13-11-24(17-35-28)44-27-14-15-34-26-16-23(42-4)10-12-25(26)27;1-7-5-3-2-4-6-7;;1-4(2)3/h5-17,19-20H,18,33H2,1-4H3,(H,35,36,39);2-6H,1H3;1H4;/t19-,20+;;;/m1.../s1. The number of carbonyl (C=O) groups excluding carboxylic acids is 2. The van der Waals surface area contributed by atoms with Crippen molar-refractivity contribution in [2.24, 2.45) is 5.73 Å². The fourth-order valence-electron chi connectivity index (χ4n) is 5.21. The summed E-state index contributed by atoms with van der Waals surface area (Å²) in [4.78, 5) is 47.9. The Morgan fingerprint density at radius 3 is 2.05 bits per heavy atom. The summed E-state index contributed by atoms with van der Waals surface area (Å²) >= 11 is 0. The molecule has 3 heterocycles. The summed E-state index contributed by atoms with van der Waals surface area (Å²) in [5.41, 5.74) is 8.01. The molecular weight excluding hydrogens is 741 g/mol. The summed E-state index contributed by atoms with van der Waals surface area (Å²) in [6.45, 7) is 7.08. The Kier molecular flexibility index (Phi) is 16.2. The molecule has 6 aromatic rings. The Labute approximate surface area is 325 Å². The lowest BCUT2D eigenvalue weighted by atomic mass is 10.2. The van der Waals surface area contributed by atoms with Gasteiger partial charge in [-0.3, -0.25) is 24.0 Å². The fraction of sp³-hybridized carbons (Fsp3) is 0.225. The Hall–Kier alpha value is -6.65. The molecule has 1 amide bonds. The molecule has 294 valence electrons. The van der Waals surface area contributed by atoms with Crippen LogP contribution in [0.15, 0.2) is 114 Å². The molecule has 3 N–H and O–H groups in total. The van der Waals surface area contributed by atoms with Gasteiger partial charge in [-0.25, -0.2) is 9.67 Å². The third-order valence-corrected chi connectivity index (χ3v) is 7.80. The molecule has 0 aliphatic carbocycles. The zero-order chi connectivity index (χ0) is 40.1. The van der Waals surface area contributed by atoms with Crippen molar-refractivity contribution in [3.8, 4) is 22.9 Å². The highest BCUT2D eigenvalue weighted by Gasteiger charge is 2.26. The molecule has 0 aliphatic heterocycles. The number of anilines is 1. The van der Waals surface area contributed by atoms with Gasteiger partial charge in [-0.2, -0.15) is 0 Å². The van der Waals surface area contributed by atoms with E-state index in [1.54, 1.807) is 74.3 Å². The van der Waals surface area contributed by atoms with E-state index in [0.29, 0.717) is 34.1 Å². The highest BCUT2D eigenvalue weighted by atomic mass is 32.2. The van der Waals surface area contributed by atoms with E-state index in [1.165, 1.54) is 23.4 Å². The van der Waals surface area contributed by atoms with Crippen molar-refractivity contribution in [1.82, 2.24) is 19.3 Å². The summed E-state index contributed by atoms with van der Waals surface area (Å²) in [7, 11) is -1.52. The van der Waals surface area contributed by atoms with Crippen LogP contribution in [-0.2, 0) is 26.7 Å². The molecule has 0 bridgehead atoms. The highest BCUT2D eigenvalue weighted by Crippen LogP contribution is 2.31. The van der Waals surface area contributed by atoms with Crippen molar-refractivity contribution in [3.05, 3.63) is 137 Å². The fourth-order valence-corrected chi connectivity index (χ4v) is 5.21. The number of hydrogen-bond donors (Lipinski definition) is 2. The minimum Gasteiger partial charge on any atom is -0.497 e. The Bertz CT molecular complexity index is 2400. The van der Waals surface area contributed by atoms with Gasteiger partial charge in [0, 0.05) is 17.6 Å². The molecule has 0 saturated carbocycles. The van der Waals surface area contributed by atoms with Crippen LogP contribution in [0.4, 0.5) is 5.82 Å². The predicted molar refractivity (Wildman–Crippen MR) is 212 cm³/mol. The first-order valence-electron chi connectivity index (χ1n) is 16.8. The van der Waals surface area contributed by atoms with Crippen LogP contribution in [0.3, 0.4) is 0 Å². The number of nitrogens with zero attached hydrogens (tertiary/aromatic N) is 4. The van der Waals surface area contributed by atoms with Gasteiger partial charge < -0.3 is 25.3 Å². The number of para-hydroxylation sites is 1. The number of benzene rings is 3. The predicted octanol–water partition coefficient (Wildman–Crippen LogP) is 5.85. The lowest BCUT2D eigenvalue weighted by molar-refractivity contribution is -0.150. The van der Waals surface area contributed by atoms with Crippen molar-refractivity contribution < 1.29 is 36.4 Å². The molecule has 15 nitrogen and oxygen atoms in total. The SMILES string of the molecule is C.COc1ccc2c(Oc3ccc(NC(=O)c4c(C)n(C[C@@H](C)OC(=O)[C@H](C)N)n(-c5ccccc5)c4=O)nc3)ccnc2c1.Cc1ccccc1.O=S(=O)=O. The maximum atomic E-state index is 13.7. The maximum absolute atomic E-state index is 13.7. The molecule has 6 rings (SSSR count). The van der Waals surface area contributed by atoms with Crippen molar-refractivity contribution in [3.63, 3.8) is 0 Å². The van der Waals surface area contributed by atoms with E-state index in [9.17, 15) is 14.4 Å². The molecule has 3 aromatic carbocycles. The number of aromatic nitrogens is 4. The zero-order valence-corrected chi connectivity index (χ0v) is 31.5. The third kappa shape index (κ3) is 11.9. The normalized spacial score (nSPS) is 11.2. The topological polar surface area (TPSA) is 204 Å². The molecule has 0 unspecified atom stereocenters. The van der Waals surface area contributed by atoms with Crippen LogP contribution < -0.4 is 26.1 Å². The van der Waals surface area contributed by atoms with Crippen LogP contribution in [0.1, 0.15) is 42.9 Å². The number of nitrogens with two attached hydrogens (primary N) is 1. The first-order chi connectivity index (χ1) is 26.3. The number of aryl methyl sites for hydroxylation is 1. The number of ether oxygens (including phenoxy) is 3. The van der Waals surface area contributed by atoms with Crippen molar-refractivity contribution in [2.75, 3.05) is 12.4 Å². The largest absolute Gasteiger partial charge is 0.497 e. The number of rotatable bonds is 10. The Morgan fingerprint density at radius 1 is 0.875 bits per heavy atom. The second kappa shape index (κ2) is 20.7. The average Bonchev–Trinajstić information content (AvgIpc) is 3.40. The first-order valence-corrected chi connectivity index (χ1v) is 17.8. The number of carbonyl (C=O) groups is 2. The molecule has 16 heteroatoms. The van der Waals surface area contributed by atoms with Crippen LogP contribution in [0, 0.1) is 13.8 Å². The number of pyridine rings is 2. The molecule has 0 spiro atoms. The van der Waals surface area contributed by atoms with Crippen molar-refractivity contribution in [2.45, 2.75) is 53.8 Å². The number of methoxy groups -OCH3 is 1. The van der Waals surface area contributed by atoms with Gasteiger partial charge in [0.2, 0.25) is 0 Å². The van der Waals surface area contributed by atoms with Crippen LogP contribution in [0.5, 0.6) is 17.2 Å². The molecule has 0 fully saturated rings. The monoisotopic (exact) mass is 784 g/mol. The number of amides is 1. The lowest BCUT2D eigenvalue weighted by Gasteiger charge is -2.19. The van der Waals surface area contributed by atoms with E-state index in [1.807, 2.05) is 42.5 Å². The van der Waals surface area contributed by atoms with Gasteiger partial charge in [-0.1, -0.05) is 61.5 Å². The molecule has 0 saturated heterocycles.